The second-order valence-corrected chi connectivity index (χ2v) is 11.2. The Morgan fingerprint density at radius 2 is 1.86 bits per heavy atom. The standard InChI is InChI=1S/C28H36N4O4S/c1-4-20-12-8-9-13-21(20)17-30-26(35)25-28(2,3)37-18-32(25)27(36)24(34)22(31-23(33)14-15-29)16-19-10-6-5-7-11-19/h4-13,22,24-25,34H,1,14-18,29H2,2-3H3,(H,30,35)(H,31,33)/t22-,24-,25+/m0/s1. The van der Waals surface area contributed by atoms with Crippen LogP contribution < -0.4 is 16.4 Å². The molecule has 0 aliphatic carbocycles. The van der Waals surface area contributed by atoms with E-state index in [4.69, 9.17) is 5.73 Å². The number of nitrogens with one attached hydrogen (secondary N) is 2. The van der Waals surface area contributed by atoms with E-state index in [1.807, 2.05) is 68.4 Å². The van der Waals surface area contributed by atoms with Crippen molar-refractivity contribution in [3.63, 3.8) is 0 Å². The molecule has 9 heteroatoms. The van der Waals surface area contributed by atoms with E-state index in [1.54, 1.807) is 6.08 Å². The molecule has 198 valence electrons. The first-order valence-corrected chi connectivity index (χ1v) is 13.3. The van der Waals surface area contributed by atoms with Crippen LogP contribution in [0.2, 0.25) is 0 Å². The zero-order chi connectivity index (χ0) is 27.0. The normalized spacial score (nSPS) is 18.1. The van der Waals surface area contributed by atoms with Crippen molar-refractivity contribution in [1.29, 1.82) is 0 Å². The summed E-state index contributed by atoms with van der Waals surface area (Å²) in [5, 5.41) is 16.9. The maximum absolute atomic E-state index is 13.6. The molecule has 5 N–H and O–H groups in total. The molecule has 1 saturated heterocycles. The minimum atomic E-state index is -1.53. The predicted octanol–water partition coefficient (Wildman–Crippen LogP) is 2.06. The van der Waals surface area contributed by atoms with Crippen molar-refractivity contribution in [2.24, 2.45) is 5.73 Å². The van der Waals surface area contributed by atoms with Crippen LogP contribution in [0.15, 0.2) is 61.2 Å². The van der Waals surface area contributed by atoms with Gasteiger partial charge in [-0.3, -0.25) is 14.4 Å². The van der Waals surface area contributed by atoms with Gasteiger partial charge in [-0.2, -0.15) is 0 Å². The van der Waals surface area contributed by atoms with Crippen molar-refractivity contribution in [1.82, 2.24) is 15.5 Å². The number of thioether (sulfide) groups is 1. The number of hydrogen-bond acceptors (Lipinski definition) is 6. The third-order valence-corrected chi connectivity index (χ3v) is 7.83. The molecule has 1 aliphatic rings. The molecule has 3 amide bonds. The van der Waals surface area contributed by atoms with Crippen LogP contribution >= 0.6 is 11.8 Å². The molecule has 3 atom stereocenters. The SMILES string of the molecule is C=Cc1ccccc1CNC(=O)[C@H]1N(C(=O)[C@@H](O)[C@H](Cc2ccccc2)NC(=O)CCN)CSC1(C)C. The first-order chi connectivity index (χ1) is 17.7. The van der Waals surface area contributed by atoms with Crippen molar-refractivity contribution >= 4 is 35.6 Å². The van der Waals surface area contributed by atoms with E-state index in [9.17, 15) is 19.5 Å². The highest BCUT2D eigenvalue weighted by molar-refractivity contribution is 8.00. The van der Waals surface area contributed by atoms with Crippen molar-refractivity contribution in [2.45, 2.75) is 56.2 Å². The Labute approximate surface area is 222 Å². The summed E-state index contributed by atoms with van der Waals surface area (Å²) in [4.78, 5) is 40.7. The fourth-order valence-electron chi connectivity index (χ4n) is 4.45. The molecule has 0 bridgehead atoms. The molecule has 2 aromatic rings. The average molecular weight is 525 g/mol. The Hall–Kier alpha value is -3.14. The average Bonchev–Trinajstić information content (AvgIpc) is 3.21. The van der Waals surface area contributed by atoms with E-state index in [1.165, 1.54) is 16.7 Å². The summed E-state index contributed by atoms with van der Waals surface area (Å²) < 4.78 is -0.574. The van der Waals surface area contributed by atoms with Gasteiger partial charge in [-0.15, -0.1) is 11.8 Å². The van der Waals surface area contributed by atoms with Crippen LogP contribution in [0.4, 0.5) is 0 Å². The zero-order valence-electron chi connectivity index (χ0n) is 21.4. The van der Waals surface area contributed by atoms with Crippen molar-refractivity contribution in [2.75, 3.05) is 12.4 Å². The van der Waals surface area contributed by atoms with Crippen LogP contribution in [0.1, 0.15) is 37.0 Å². The number of benzene rings is 2. The number of aliphatic hydroxyl groups excluding tert-OH is 1. The molecule has 0 unspecified atom stereocenters. The van der Waals surface area contributed by atoms with E-state index >= 15 is 0 Å². The number of rotatable bonds is 11. The molecular weight excluding hydrogens is 488 g/mol. The maximum Gasteiger partial charge on any atom is 0.254 e. The summed E-state index contributed by atoms with van der Waals surface area (Å²) in [7, 11) is 0. The summed E-state index contributed by atoms with van der Waals surface area (Å²) >= 11 is 1.47. The number of aliphatic hydroxyl groups is 1. The molecule has 0 spiro atoms. The lowest BCUT2D eigenvalue weighted by atomic mass is 9.97. The summed E-state index contributed by atoms with van der Waals surface area (Å²) in [6, 6.07) is 15.3. The van der Waals surface area contributed by atoms with E-state index in [2.05, 4.69) is 17.2 Å². The van der Waals surface area contributed by atoms with Gasteiger partial charge < -0.3 is 26.4 Å². The second kappa shape index (κ2) is 12.9. The highest BCUT2D eigenvalue weighted by Crippen LogP contribution is 2.40. The monoisotopic (exact) mass is 524 g/mol. The van der Waals surface area contributed by atoms with E-state index < -0.39 is 28.8 Å². The van der Waals surface area contributed by atoms with E-state index in [0.717, 1.165) is 16.7 Å². The Morgan fingerprint density at radius 3 is 2.54 bits per heavy atom. The van der Waals surface area contributed by atoms with Gasteiger partial charge in [-0.1, -0.05) is 67.3 Å². The summed E-state index contributed by atoms with van der Waals surface area (Å²) in [5.74, 6) is -1.000. The molecule has 1 aliphatic heterocycles. The van der Waals surface area contributed by atoms with E-state index in [-0.39, 0.29) is 43.6 Å². The first kappa shape index (κ1) is 28.4. The summed E-state index contributed by atoms with van der Waals surface area (Å²) in [6.45, 7) is 8.07. The number of nitrogens with zero attached hydrogens (tertiary/aromatic N) is 1. The Morgan fingerprint density at radius 1 is 1.19 bits per heavy atom. The lowest BCUT2D eigenvalue weighted by molar-refractivity contribution is -0.147. The van der Waals surface area contributed by atoms with Crippen molar-refractivity contribution in [3.8, 4) is 0 Å². The molecule has 0 saturated carbocycles. The minimum absolute atomic E-state index is 0.0794. The summed E-state index contributed by atoms with van der Waals surface area (Å²) in [5.41, 5.74) is 8.21. The van der Waals surface area contributed by atoms with Crippen LogP contribution in [0.25, 0.3) is 6.08 Å². The third-order valence-electron chi connectivity index (χ3n) is 6.46. The number of carbonyl (C=O) groups is 3. The fraction of sp³-hybridized carbons (Fsp3) is 0.393. The molecule has 37 heavy (non-hydrogen) atoms. The van der Waals surface area contributed by atoms with Crippen LogP contribution in [0, 0.1) is 0 Å². The molecule has 2 aromatic carbocycles. The Balaban J connectivity index is 1.78. The lowest BCUT2D eigenvalue weighted by Crippen LogP contribution is -2.58. The predicted molar refractivity (Wildman–Crippen MR) is 147 cm³/mol. The van der Waals surface area contributed by atoms with Gasteiger partial charge in [-0.05, 0) is 37.0 Å². The fourth-order valence-corrected chi connectivity index (χ4v) is 5.59. The molecule has 0 aromatic heterocycles. The highest BCUT2D eigenvalue weighted by atomic mass is 32.2. The first-order valence-electron chi connectivity index (χ1n) is 12.3. The van der Waals surface area contributed by atoms with Crippen LogP contribution in [-0.4, -0.2) is 63.1 Å². The van der Waals surface area contributed by atoms with Crippen LogP contribution in [0.3, 0.4) is 0 Å². The molecular formula is C28H36N4O4S. The molecule has 1 heterocycles. The van der Waals surface area contributed by atoms with Gasteiger partial charge in [0.05, 0.1) is 11.9 Å². The quantitative estimate of drug-likeness (QED) is 0.357. The third kappa shape index (κ3) is 7.21. The Bertz CT molecular complexity index is 1110. The van der Waals surface area contributed by atoms with Gasteiger partial charge in [0.1, 0.15) is 6.04 Å². The molecule has 3 rings (SSSR count). The molecule has 0 radical (unpaired) electrons. The maximum atomic E-state index is 13.6. The Kier molecular flexibility index (Phi) is 9.91. The smallest absolute Gasteiger partial charge is 0.254 e. The van der Waals surface area contributed by atoms with E-state index in [0.29, 0.717) is 0 Å². The molecule has 1 fully saturated rings. The topological polar surface area (TPSA) is 125 Å². The van der Waals surface area contributed by atoms with Gasteiger partial charge in [0, 0.05) is 24.3 Å². The van der Waals surface area contributed by atoms with Crippen molar-refractivity contribution in [3.05, 3.63) is 77.9 Å². The largest absolute Gasteiger partial charge is 0.381 e. The second-order valence-electron chi connectivity index (χ2n) is 9.56. The number of hydrogen-bond donors (Lipinski definition) is 4. The lowest BCUT2D eigenvalue weighted by Gasteiger charge is -2.33. The highest BCUT2D eigenvalue weighted by Gasteiger charge is 2.49. The van der Waals surface area contributed by atoms with Crippen molar-refractivity contribution < 1.29 is 19.5 Å². The van der Waals surface area contributed by atoms with Gasteiger partial charge in [0.25, 0.3) is 5.91 Å². The number of amides is 3. The van der Waals surface area contributed by atoms with Crippen LogP contribution in [-0.2, 0) is 27.3 Å². The molecule has 8 nitrogen and oxygen atoms in total. The van der Waals surface area contributed by atoms with Gasteiger partial charge in [-0.25, -0.2) is 0 Å². The van der Waals surface area contributed by atoms with Gasteiger partial charge >= 0.3 is 0 Å². The number of carbonyl (C=O) groups excluding carboxylic acids is 3. The minimum Gasteiger partial charge on any atom is -0.381 e. The number of nitrogens with two attached hydrogens (primary N) is 1. The van der Waals surface area contributed by atoms with Gasteiger partial charge in [0.2, 0.25) is 11.8 Å². The zero-order valence-corrected chi connectivity index (χ0v) is 22.2. The van der Waals surface area contributed by atoms with Gasteiger partial charge in [0.15, 0.2) is 6.10 Å². The summed E-state index contributed by atoms with van der Waals surface area (Å²) in [6.07, 6.45) is 0.530. The van der Waals surface area contributed by atoms with Crippen LogP contribution in [0.5, 0.6) is 0 Å².